The fourth-order valence-corrected chi connectivity index (χ4v) is 1.42. The van der Waals surface area contributed by atoms with Gasteiger partial charge in [0.2, 0.25) is 0 Å². The van der Waals surface area contributed by atoms with E-state index in [0.29, 0.717) is 0 Å². The lowest BCUT2D eigenvalue weighted by atomic mass is 9.98. The lowest BCUT2D eigenvalue weighted by Gasteiger charge is -2.37. The van der Waals surface area contributed by atoms with E-state index in [9.17, 15) is 28.2 Å². The SMILES string of the molecule is O=C(N[C@@H]1CO[C@H](CO)[C@@H](O)[C@@H]1O)C(F)(F)F. The molecule has 0 aliphatic carbocycles. The summed E-state index contributed by atoms with van der Waals surface area (Å²) in [6.07, 6.45) is -9.35. The lowest BCUT2D eigenvalue weighted by Crippen LogP contribution is -2.61. The van der Waals surface area contributed by atoms with Crippen LogP contribution >= 0.6 is 0 Å². The summed E-state index contributed by atoms with van der Waals surface area (Å²) in [7, 11) is 0. The molecular weight excluding hydrogens is 247 g/mol. The van der Waals surface area contributed by atoms with Crippen LogP contribution in [0.2, 0.25) is 0 Å². The van der Waals surface area contributed by atoms with Gasteiger partial charge in [-0.05, 0) is 0 Å². The van der Waals surface area contributed by atoms with Crippen molar-refractivity contribution in [2.45, 2.75) is 30.5 Å². The van der Waals surface area contributed by atoms with Crippen molar-refractivity contribution in [2.24, 2.45) is 0 Å². The van der Waals surface area contributed by atoms with Crippen molar-refractivity contribution >= 4 is 5.91 Å². The number of alkyl halides is 3. The molecule has 0 bridgehead atoms. The van der Waals surface area contributed by atoms with E-state index in [2.05, 4.69) is 0 Å². The molecule has 17 heavy (non-hydrogen) atoms. The van der Waals surface area contributed by atoms with Gasteiger partial charge >= 0.3 is 12.1 Å². The van der Waals surface area contributed by atoms with Crippen molar-refractivity contribution in [2.75, 3.05) is 13.2 Å². The number of ether oxygens (including phenoxy) is 1. The summed E-state index contributed by atoms with van der Waals surface area (Å²) in [4.78, 5) is 10.6. The fraction of sp³-hybridized carbons (Fsp3) is 0.875. The molecule has 1 aliphatic rings. The Morgan fingerprint density at radius 2 is 1.94 bits per heavy atom. The second-order valence-corrected chi connectivity index (χ2v) is 3.61. The van der Waals surface area contributed by atoms with Gasteiger partial charge in [-0.3, -0.25) is 4.79 Å². The van der Waals surface area contributed by atoms with Crippen molar-refractivity contribution in [1.29, 1.82) is 0 Å². The average Bonchev–Trinajstić information content (AvgIpc) is 2.23. The first-order chi connectivity index (χ1) is 7.77. The van der Waals surface area contributed by atoms with Crippen LogP contribution in [0.15, 0.2) is 0 Å². The van der Waals surface area contributed by atoms with Gasteiger partial charge in [0, 0.05) is 0 Å². The number of carbonyl (C=O) groups excluding carboxylic acids is 1. The Morgan fingerprint density at radius 3 is 2.41 bits per heavy atom. The van der Waals surface area contributed by atoms with Crippen molar-refractivity contribution < 1.29 is 38.0 Å². The maximum atomic E-state index is 11.9. The number of amides is 1. The van der Waals surface area contributed by atoms with Crippen molar-refractivity contribution in [1.82, 2.24) is 5.32 Å². The highest BCUT2D eigenvalue weighted by atomic mass is 19.4. The number of halogens is 3. The molecule has 0 aromatic heterocycles. The van der Waals surface area contributed by atoms with E-state index in [-0.39, 0.29) is 0 Å². The van der Waals surface area contributed by atoms with Gasteiger partial charge in [-0.1, -0.05) is 0 Å². The van der Waals surface area contributed by atoms with Crippen LogP contribution in [0, 0.1) is 0 Å². The van der Waals surface area contributed by atoms with Crippen LogP contribution in [-0.2, 0) is 9.53 Å². The number of aliphatic hydroxyl groups is 3. The summed E-state index contributed by atoms with van der Waals surface area (Å²) in [6, 6.07) is -1.37. The largest absolute Gasteiger partial charge is 0.471 e. The molecule has 1 heterocycles. The molecule has 1 aliphatic heterocycles. The third-order valence-electron chi connectivity index (χ3n) is 2.39. The summed E-state index contributed by atoms with van der Waals surface area (Å²) in [5, 5.41) is 29.0. The molecule has 0 radical (unpaired) electrons. The quantitative estimate of drug-likeness (QED) is 0.466. The minimum absolute atomic E-state index is 0.425. The number of hydrogen-bond acceptors (Lipinski definition) is 5. The summed E-state index contributed by atoms with van der Waals surface area (Å²) < 4.78 is 40.6. The zero-order valence-electron chi connectivity index (χ0n) is 8.52. The van der Waals surface area contributed by atoms with Gasteiger partial charge in [0.1, 0.15) is 18.3 Å². The molecule has 4 N–H and O–H groups in total. The van der Waals surface area contributed by atoms with Crippen LogP contribution in [-0.4, -0.2) is 65.0 Å². The molecule has 1 saturated heterocycles. The van der Waals surface area contributed by atoms with E-state index in [4.69, 9.17) is 9.84 Å². The van der Waals surface area contributed by atoms with Gasteiger partial charge in [-0.2, -0.15) is 13.2 Å². The molecule has 0 spiro atoms. The maximum Gasteiger partial charge on any atom is 0.471 e. The third kappa shape index (κ3) is 3.28. The zero-order valence-corrected chi connectivity index (χ0v) is 8.52. The monoisotopic (exact) mass is 259 g/mol. The van der Waals surface area contributed by atoms with Crippen LogP contribution < -0.4 is 5.32 Å². The highest BCUT2D eigenvalue weighted by Gasteiger charge is 2.44. The van der Waals surface area contributed by atoms with Gasteiger partial charge in [-0.25, -0.2) is 0 Å². The molecule has 4 atom stereocenters. The Hall–Kier alpha value is -0.900. The Labute approximate surface area is 94.0 Å². The molecule has 0 aromatic carbocycles. The molecule has 1 fully saturated rings. The molecule has 6 nitrogen and oxygen atoms in total. The fourth-order valence-electron chi connectivity index (χ4n) is 1.42. The van der Waals surface area contributed by atoms with E-state index in [1.54, 1.807) is 0 Å². The predicted octanol–water partition coefficient (Wildman–Crippen LogP) is -1.85. The van der Waals surface area contributed by atoms with Crippen LogP contribution in [0.5, 0.6) is 0 Å². The van der Waals surface area contributed by atoms with E-state index >= 15 is 0 Å². The Balaban J connectivity index is 2.60. The number of carbonyl (C=O) groups is 1. The van der Waals surface area contributed by atoms with Crippen LogP contribution in [0.3, 0.4) is 0 Å². The van der Waals surface area contributed by atoms with Gasteiger partial charge < -0.3 is 25.4 Å². The highest BCUT2D eigenvalue weighted by molar-refractivity contribution is 5.82. The lowest BCUT2D eigenvalue weighted by molar-refractivity contribution is -0.185. The van der Waals surface area contributed by atoms with E-state index < -0.39 is 49.7 Å². The van der Waals surface area contributed by atoms with Gasteiger partial charge in [0.15, 0.2) is 0 Å². The molecular formula is C8H12F3NO5. The molecule has 1 rings (SSSR count). The number of nitrogens with one attached hydrogen (secondary N) is 1. The highest BCUT2D eigenvalue weighted by Crippen LogP contribution is 2.18. The van der Waals surface area contributed by atoms with Crippen molar-refractivity contribution in [3.8, 4) is 0 Å². The standard InChI is InChI=1S/C8H12F3NO5/c9-8(10,11)7(16)12-3-2-17-4(1-13)6(15)5(3)14/h3-6,13-15H,1-2H2,(H,12,16)/t3-,4-,5-,6-/m1/s1. The maximum absolute atomic E-state index is 11.9. The topological polar surface area (TPSA) is 99.0 Å². The smallest absolute Gasteiger partial charge is 0.394 e. The van der Waals surface area contributed by atoms with Crippen molar-refractivity contribution in [3.05, 3.63) is 0 Å². The first-order valence-corrected chi connectivity index (χ1v) is 4.73. The third-order valence-corrected chi connectivity index (χ3v) is 2.39. The summed E-state index contributed by atoms with van der Waals surface area (Å²) in [6.45, 7) is -1.01. The minimum atomic E-state index is -5.07. The summed E-state index contributed by atoms with van der Waals surface area (Å²) in [5.74, 6) is -2.22. The number of hydrogen-bond donors (Lipinski definition) is 4. The Kier molecular flexibility index (Phi) is 4.31. The van der Waals surface area contributed by atoms with Crippen LogP contribution in [0.1, 0.15) is 0 Å². The minimum Gasteiger partial charge on any atom is -0.394 e. The molecule has 0 unspecified atom stereocenters. The second-order valence-electron chi connectivity index (χ2n) is 3.61. The van der Waals surface area contributed by atoms with E-state index in [1.165, 1.54) is 5.32 Å². The normalized spacial score (nSPS) is 34.5. The number of rotatable bonds is 2. The summed E-state index contributed by atoms with van der Waals surface area (Å²) in [5.41, 5.74) is 0. The number of aliphatic hydroxyl groups excluding tert-OH is 3. The average molecular weight is 259 g/mol. The predicted molar refractivity (Wildman–Crippen MR) is 46.8 cm³/mol. The molecule has 0 aromatic rings. The summed E-state index contributed by atoms with van der Waals surface area (Å²) >= 11 is 0. The first-order valence-electron chi connectivity index (χ1n) is 4.73. The molecule has 1 amide bonds. The molecule has 9 heteroatoms. The molecule has 0 saturated carbocycles. The van der Waals surface area contributed by atoms with E-state index in [0.717, 1.165) is 0 Å². The van der Waals surface area contributed by atoms with Crippen LogP contribution in [0.4, 0.5) is 13.2 Å². The second kappa shape index (κ2) is 5.17. The first kappa shape index (κ1) is 14.2. The molecule has 100 valence electrons. The van der Waals surface area contributed by atoms with Crippen molar-refractivity contribution in [3.63, 3.8) is 0 Å². The van der Waals surface area contributed by atoms with E-state index in [1.807, 2.05) is 0 Å². The van der Waals surface area contributed by atoms with Gasteiger partial charge in [0.05, 0.1) is 19.3 Å². The van der Waals surface area contributed by atoms with Gasteiger partial charge in [-0.15, -0.1) is 0 Å². The van der Waals surface area contributed by atoms with Gasteiger partial charge in [0.25, 0.3) is 0 Å². The Morgan fingerprint density at radius 1 is 1.35 bits per heavy atom. The zero-order chi connectivity index (χ0) is 13.2. The Bertz CT molecular complexity index is 285. The van der Waals surface area contributed by atoms with Crippen LogP contribution in [0.25, 0.3) is 0 Å².